The van der Waals surface area contributed by atoms with E-state index < -0.39 is 11.9 Å². The van der Waals surface area contributed by atoms with Gasteiger partial charge in [-0.05, 0) is 31.0 Å². The largest absolute Gasteiger partial charge is 0.481 e. The molecule has 1 aromatic carbocycles. The van der Waals surface area contributed by atoms with Crippen LogP contribution in [0.5, 0.6) is 0 Å². The van der Waals surface area contributed by atoms with Crippen molar-refractivity contribution in [1.82, 2.24) is 5.32 Å². The van der Waals surface area contributed by atoms with Gasteiger partial charge in [-0.2, -0.15) is 0 Å². The summed E-state index contributed by atoms with van der Waals surface area (Å²) in [6.07, 6.45) is 0. The standard InChI is InChI=1S/C13H18FNO2/c1-8-4-5-11(6-12(8)14)10(3)15-7-9(2)13(16)17/h4-6,9-10,15H,7H2,1-3H3,(H,16,17). The maximum Gasteiger partial charge on any atom is 0.307 e. The molecule has 17 heavy (non-hydrogen) atoms. The lowest BCUT2D eigenvalue weighted by Gasteiger charge is -2.16. The van der Waals surface area contributed by atoms with E-state index in [1.807, 2.05) is 13.0 Å². The van der Waals surface area contributed by atoms with Gasteiger partial charge in [-0.25, -0.2) is 4.39 Å². The van der Waals surface area contributed by atoms with Gasteiger partial charge in [0.25, 0.3) is 0 Å². The van der Waals surface area contributed by atoms with Crippen molar-refractivity contribution < 1.29 is 14.3 Å². The molecule has 0 aromatic heterocycles. The Balaban J connectivity index is 2.60. The first-order chi connectivity index (χ1) is 7.91. The maximum atomic E-state index is 13.3. The summed E-state index contributed by atoms with van der Waals surface area (Å²) in [5.41, 5.74) is 1.44. The predicted octanol–water partition coefficient (Wildman–Crippen LogP) is 2.51. The van der Waals surface area contributed by atoms with Crippen LogP contribution in [0.4, 0.5) is 4.39 Å². The van der Waals surface area contributed by atoms with Crippen molar-refractivity contribution in [2.45, 2.75) is 26.8 Å². The van der Waals surface area contributed by atoms with E-state index in [9.17, 15) is 9.18 Å². The van der Waals surface area contributed by atoms with E-state index in [-0.39, 0.29) is 11.9 Å². The maximum absolute atomic E-state index is 13.3. The molecule has 0 fully saturated rings. The minimum absolute atomic E-state index is 0.0631. The lowest BCUT2D eigenvalue weighted by atomic mass is 10.1. The van der Waals surface area contributed by atoms with Gasteiger partial charge in [-0.15, -0.1) is 0 Å². The summed E-state index contributed by atoms with van der Waals surface area (Å²) in [6, 6.07) is 5.00. The van der Waals surface area contributed by atoms with Crippen molar-refractivity contribution >= 4 is 5.97 Å². The predicted molar refractivity (Wildman–Crippen MR) is 64.4 cm³/mol. The van der Waals surface area contributed by atoms with Gasteiger partial charge in [-0.1, -0.05) is 19.1 Å². The van der Waals surface area contributed by atoms with Crippen LogP contribution in [0.1, 0.15) is 31.0 Å². The molecule has 0 spiro atoms. The van der Waals surface area contributed by atoms with Gasteiger partial charge in [0.1, 0.15) is 5.82 Å². The molecule has 0 saturated heterocycles. The van der Waals surface area contributed by atoms with E-state index in [0.717, 1.165) is 5.56 Å². The van der Waals surface area contributed by atoms with Crippen molar-refractivity contribution in [2.75, 3.05) is 6.54 Å². The van der Waals surface area contributed by atoms with E-state index in [1.54, 1.807) is 19.9 Å². The van der Waals surface area contributed by atoms with Crippen LogP contribution in [0.15, 0.2) is 18.2 Å². The summed E-state index contributed by atoms with van der Waals surface area (Å²) in [5, 5.41) is 11.8. The molecule has 0 aliphatic rings. The number of hydrogen-bond acceptors (Lipinski definition) is 2. The monoisotopic (exact) mass is 239 g/mol. The van der Waals surface area contributed by atoms with E-state index >= 15 is 0 Å². The molecule has 0 radical (unpaired) electrons. The van der Waals surface area contributed by atoms with Gasteiger partial charge in [0.2, 0.25) is 0 Å². The molecule has 4 heteroatoms. The summed E-state index contributed by atoms with van der Waals surface area (Å²) >= 11 is 0. The first-order valence-electron chi connectivity index (χ1n) is 5.64. The number of aryl methyl sites for hydroxylation is 1. The molecule has 1 aromatic rings. The number of rotatable bonds is 5. The molecule has 2 N–H and O–H groups in total. The van der Waals surface area contributed by atoms with Crippen LogP contribution in [0.25, 0.3) is 0 Å². The molecular weight excluding hydrogens is 221 g/mol. The van der Waals surface area contributed by atoms with Crippen LogP contribution in [-0.2, 0) is 4.79 Å². The highest BCUT2D eigenvalue weighted by atomic mass is 19.1. The van der Waals surface area contributed by atoms with E-state index in [4.69, 9.17) is 5.11 Å². The van der Waals surface area contributed by atoms with Gasteiger partial charge in [0.05, 0.1) is 5.92 Å². The second-order valence-corrected chi connectivity index (χ2v) is 4.38. The number of carboxylic acids is 1. The van der Waals surface area contributed by atoms with E-state index in [1.165, 1.54) is 6.07 Å². The number of hydrogen-bond donors (Lipinski definition) is 2. The Morgan fingerprint density at radius 3 is 2.65 bits per heavy atom. The quantitative estimate of drug-likeness (QED) is 0.830. The van der Waals surface area contributed by atoms with Gasteiger partial charge in [0, 0.05) is 12.6 Å². The zero-order valence-corrected chi connectivity index (χ0v) is 10.3. The topological polar surface area (TPSA) is 49.3 Å². The van der Waals surface area contributed by atoms with Crippen LogP contribution in [0, 0.1) is 18.7 Å². The number of halogens is 1. The van der Waals surface area contributed by atoms with Crippen molar-refractivity contribution in [1.29, 1.82) is 0 Å². The highest BCUT2D eigenvalue weighted by Crippen LogP contribution is 2.16. The number of nitrogens with one attached hydrogen (secondary N) is 1. The Morgan fingerprint density at radius 2 is 2.12 bits per heavy atom. The SMILES string of the molecule is Cc1ccc(C(C)NCC(C)C(=O)O)cc1F. The first kappa shape index (κ1) is 13.6. The zero-order valence-electron chi connectivity index (χ0n) is 10.3. The highest BCUT2D eigenvalue weighted by molar-refractivity contribution is 5.69. The van der Waals surface area contributed by atoms with Crippen LogP contribution in [-0.4, -0.2) is 17.6 Å². The van der Waals surface area contributed by atoms with Gasteiger partial charge in [-0.3, -0.25) is 4.79 Å². The summed E-state index contributed by atoms with van der Waals surface area (Å²) in [6.45, 7) is 5.60. The number of aliphatic carboxylic acids is 1. The lowest BCUT2D eigenvalue weighted by Crippen LogP contribution is -2.28. The Kier molecular flexibility index (Phi) is 4.63. The van der Waals surface area contributed by atoms with Gasteiger partial charge in [0.15, 0.2) is 0 Å². The third kappa shape index (κ3) is 3.82. The first-order valence-corrected chi connectivity index (χ1v) is 5.64. The van der Waals surface area contributed by atoms with Crippen LogP contribution in [0.3, 0.4) is 0 Å². The van der Waals surface area contributed by atoms with Crippen molar-refractivity contribution in [2.24, 2.45) is 5.92 Å². The Morgan fingerprint density at radius 1 is 1.47 bits per heavy atom. The molecule has 1 rings (SSSR count). The molecule has 0 saturated carbocycles. The lowest BCUT2D eigenvalue weighted by molar-refractivity contribution is -0.140. The fourth-order valence-electron chi connectivity index (χ4n) is 1.44. The second kappa shape index (κ2) is 5.77. The minimum atomic E-state index is -0.834. The van der Waals surface area contributed by atoms with Crippen molar-refractivity contribution in [3.8, 4) is 0 Å². The molecule has 0 heterocycles. The zero-order chi connectivity index (χ0) is 13.0. The van der Waals surface area contributed by atoms with Gasteiger partial charge < -0.3 is 10.4 Å². The van der Waals surface area contributed by atoms with E-state index in [0.29, 0.717) is 12.1 Å². The van der Waals surface area contributed by atoms with Crippen molar-refractivity contribution in [3.05, 3.63) is 35.1 Å². The number of benzene rings is 1. The van der Waals surface area contributed by atoms with Crippen LogP contribution >= 0.6 is 0 Å². The average Bonchev–Trinajstić information content (AvgIpc) is 2.28. The molecule has 0 aliphatic carbocycles. The molecule has 94 valence electrons. The fourth-order valence-corrected chi connectivity index (χ4v) is 1.44. The smallest absolute Gasteiger partial charge is 0.307 e. The van der Waals surface area contributed by atoms with Gasteiger partial charge >= 0.3 is 5.97 Å². The third-order valence-electron chi connectivity index (χ3n) is 2.85. The fraction of sp³-hybridized carbons (Fsp3) is 0.462. The average molecular weight is 239 g/mol. The highest BCUT2D eigenvalue weighted by Gasteiger charge is 2.13. The molecule has 0 aliphatic heterocycles. The van der Waals surface area contributed by atoms with Crippen LogP contribution < -0.4 is 5.32 Å². The van der Waals surface area contributed by atoms with Crippen LogP contribution in [0.2, 0.25) is 0 Å². The third-order valence-corrected chi connectivity index (χ3v) is 2.85. The normalized spacial score (nSPS) is 14.4. The summed E-state index contributed by atoms with van der Waals surface area (Å²) in [7, 11) is 0. The van der Waals surface area contributed by atoms with E-state index in [2.05, 4.69) is 5.32 Å². The Labute approximate surface area is 101 Å². The summed E-state index contributed by atoms with van der Waals surface area (Å²) in [4.78, 5) is 10.6. The summed E-state index contributed by atoms with van der Waals surface area (Å²) in [5.74, 6) is -1.52. The minimum Gasteiger partial charge on any atom is -0.481 e. The molecule has 0 bridgehead atoms. The Hall–Kier alpha value is -1.42. The second-order valence-electron chi connectivity index (χ2n) is 4.38. The molecule has 3 nitrogen and oxygen atoms in total. The molecule has 0 amide bonds. The molecule has 2 atom stereocenters. The molecule has 2 unspecified atom stereocenters. The summed E-state index contributed by atoms with van der Waals surface area (Å²) < 4.78 is 13.3. The number of carboxylic acid groups (broad SMARTS) is 1. The van der Waals surface area contributed by atoms with Crippen molar-refractivity contribution in [3.63, 3.8) is 0 Å². The number of carbonyl (C=O) groups is 1. The molecular formula is C13H18FNO2. The Bertz CT molecular complexity index is 406.